The molecule has 0 aromatic heterocycles. The van der Waals surface area contributed by atoms with Gasteiger partial charge in [0.15, 0.2) is 0 Å². The van der Waals surface area contributed by atoms with E-state index >= 15 is 0 Å². The third-order valence-corrected chi connectivity index (χ3v) is 3.26. The molecule has 2 rings (SSSR count). The predicted molar refractivity (Wildman–Crippen MR) is 81.1 cm³/mol. The summed E-state index contributed by atoms with van der Waals surface area (Å²) in [7, 11) is 0. The molecule has 2 nitrogen and oxygen atoms in total. The number of benzene rings is 2. The Morgan fingerprint density at radius 3 is 2.42 bits per heavy atom. The molecule has 0 saturated carbocycles. The monoisotopic (exact) mass is 275 g/mol. The predicted octanol–water partition coefficient (Wildman–Crippen LogP) is 4.91. The quantitative estimate of drug-likeness (QED) is 0.837. The van der Waals surface area contributed by atoms with E-state index in [-0.39, 0.29) is 6.04 Å². The van der Waals surface area contributed by atoms with Crippen LogP contribution in [0.3, 0.4) is 0 Å². The smallest absolute Gasteiger partial charge is 0.119 e. The molecule has 1 N–H and O–H groups in total. The molecule has 0 spiro atoms. The van der Waals surface area contributed by atoms with E-state index in [1.807, 2.05) is 55.5 Å². The average molecular weight is 276 g/mol. The Morgan fingerprint density at radius 2 is 1.79 bits per heavy atom. The Hall–Kier alpha value is -1.67. The van der Waals surface area contributed by atoms with Crippen LogP contribution in [-0.2, 0) is 0 Å². The van der Waals surface area contributed by atoms with Crippen LogP contribution in [0.2, 0.25) is 5.02 Å². The molecule has 2 aromatic rings. The maximum Gasteiger partial charge on any atom is 0.119 e. The van der Waals surface area contributed by atoms with Gasteiger partial charge in [0, 0.05) is 16.8 Å². The lowest BCUT2D eigenvalue weighted by atomic mass is 10.1. The van der Waals surface area contributed by atoms with E-state index in [0.717, 1.165) is 22.0 Å². The van der Waals surface area contributed by atoms with Crippen LogP contribution < -0.4 is 10.1 Å². The summed E-state index contributed by atoms with van der Waals surface area (Å²) >= 11 is 6.19. The van der Waals surface area contributed by atoms with E-state index in [9.17, 15) is 0 Å². The second-order valence-corrected chi connectivity index (χ2v) is 4.75. The molecule has 0 aliphatic heterocycles. The number of nitrogens with one attached hydrogen (secondary N) is 1. The van der Waals surface area contributed by atoms with Crippen LogP contribution in [0, 0.1) is 0 Å². The molecular weight excluding hydrogens is 258 g/mol. The Morgan fingerprint density at radius 1 is 1.11 bits per heavy atom. The first kappa shape index (κ1) is 13.8. The number of rotatable bonds is 5. The molecule has 0 amide bonds. The van der Waals surface area contributed by atoms with Crippen molar-refractivity contribution in [1.82, 2.24) is 0 Å². The lowest BCUT2D eigenvalue weighted by molar-refractivity contribution is 0.340. The first-order valence-corrected chi connectivity index (χ1v) is 6.82. The molecule has 3 heteroatoms. The van der Waals surface area contributed by atoms with Gasteiger partial charge in [0.1, 0.15) is 5.75 Å². The number of hydrogen-bond donors (Lipinski definition) is 1. The Labute approximate surface area is 119 Å². The van der Waals surface area contributed by atoms with Crippen molar-refractivity contribution in [1.29, 1.82) is 0 Å². The third kappa shape index (κ3) is 3.65. The van der Waals surface area contributed by atoms with E-state index in [1.165, 1.54) is 0 Å². The highest BCUT2D eigenvalue weighted by molar-refractivity contribution is 6.31. The Balaban J connectivity index is 2.06. The van der Waals surface area contributed by atoms with Gasteiger partial charge in [-0.2, -0.15) is 0 Å². The van der Waals surface area contributed by atoms with Crippen LogP contribution in [-0.4, -0.2) is 6.61 Å². The van der Waals surface area contributed by atoms with Gasteiger partial charge in [-0.25, -0.2) is 0 Å². The molecular formula is C16H18ClNO. The molecule has 0 saturated heterocycles. The molecule has 0 aliphatic rings. The Kier molecular flexibility index (Phi) is 4.69. The number of halogens is 1. The molecule has 0 bridgehead atoms. The fraction of sp³-hybridized carbons (Fsp3) is 0.250. The maximum absolute atomic E-state index is 6.19. The zero-order chi connectivity index (χ0) is 13.7. The minimum Gasteiger partial charge on any atom is -0.494 e. The average Bonchev–Trinajstić information content (AvgIpc) is 2.42. The van der Waals surface area contributed by atoms with Crippen molar-refractivity contribution in [3.63, 3.8) is 0 Å². The van der Waals surface area contributed by atoms with E-state index in [0.29, 0.717) is 6.61 Å². The second-order valence-electron chi connectivity index (χ2n) is 4.34. The fourth-order valence-corrected chi connectivity index (χ4v) is 2.27. The highest BCUT2D eigenvalue weighted by atomic mass is 35.5. The summed E-state index contributed by atoms with van der Waals surface area (Å²) in [6.45, 7) is 4.76. The summed E-state index contributed by atoms with van der Waals surface area (Å²) in [6.07, 6.45) is 0. The third-order valence-electron chi connectivity index (χ3n) is 2.92. The topological polar surface area (TPSA) is 21.3 Å². The number of anilines is 1. The summed E-state index contributed by atoms with van der Waals surface area (Å²) in [6, 6.07) is 16.0. The summed E-state index contributed by atoms with van der Waals surface area (Å²) in [5, 5.41) is 4.21. The van der Waals surface area contributed by atoms with Gasteiger partial charge >= 0.3 is 0 Å². The fourth-order valence-electron chi connectivity index (χ4n) is 1.97. The lowest BCUT2D eigenvalue weighted by Crippen LogP contribution is -2.07. The zero-order valence-electron chi connectivity index (χ0n) is 11.2. The van der Waals surface area contributed by atoms with Gasteiger partial charge in [-0.05, 0) is 49.7 Å². The molecule has 0 fully saturated rings. The van der Waals surface area contributed by atoms with Gasteiger partial charge in [-0.1, -0.05) is 29.8 Å². The van der Waals surface area contributed by atoms with Gasteiger partial charge in [-0.3, -0.25) is 0 Å². The minimum atomic E-state index is 0.159. The van der Waals surface area contributed by atoms with Gasteiger partial charge in [0.2, 0.25) is 0 Å². The largest absolute Gasteiger partial charge is 0.494 e. The van der Waals surface area contributed by atoms with Crippen molar-refractivity contribution in [3.8, 4) is 5.75 Å². The zero-order valence-corrected chi connectivity index (χ0v) is 11.9. The normalized spacial score (nSPS) is 11.9. The molecule has 0 aliphatic carbocycles. The van der Waals surface area contributed by atoms with E-state index in [4.69, 9.17) is 16.3 Å². The first-order chi connectivity index (χ1) is 9.20. The molecule has 0 heterocycles. The van der Waals surface area contributed by atoms with Crippen molar-refractivity contribution in [3.05, 3.63) is 59.1 Å². The van der Waals surface area contributed by atoms with Crippen molar-refractivity contribution in [2.24, 2.45) is 0 Å². The highest BCUT2D eigenvalue weighted by Crippen LogP contribution is 2.26. The lowest BCUT2D eigenvalue weighted by Gasteiger charge is -2.17. The van der Waals surface area contributed by atoms with Gasteiger partial charge in [-0.15, -0.1) is 0 Å². The van der Waals surface area contributed by atoms with Crippen LogP contribution in [0.4, 0.5) is 5.69 Å². The molecule has 1 unspecified atom stereocenters. The van der Waals surface area contributed by atoms with Gasteiger partial charge in [0.05, 0.1) is 6.61 Å². The van der Waals surface area contributed by atoms with Crippen molar-refractivity contribution >= 4 is 17.3 Å². The summed E-state index contributed by atoms with van der Waals surface area (Å²) in [5.41, 5.74) is 2.15. The van der Waals surface area contributed by atoms with E-state index < -0.39 is 0 Å². The SMILES string of the molecule is CCOc1ccc(NC(C)c2ccccc2Cl)cc1. The molecule has 1 atom stereocenters. The summed E-state index contributed by atoms with van der Waals surface area (Å²) in [4.78, 5) is 0. The highest BCUT2D eigenvalue weighted by Gasteiger charge is 2.08. The molecule has 2 aromatic carbocycles. The van der Waals surface area contributed by atoms with Crippen molar-refractivity contribution < 1.29 is 4.74 Å². The molecule has 19 heavy (non-hydrogen) atoms. The first-order valence-electron chi connectivity index (χ1n) is 6.44. The van der Waals surface area contributed by atoms with Crippen LogP contribution in [0.1, 0.15) is 25.5 Å². The minimum absolute atomic E-state index is 0.159. The Bertz CT molecular complexity index is 525. The van der Waals surface area contributed by atoms with E-state index in [2.05, 4.69) is 12.2 Å². The van der Waals surface area contributed by atoms with Crippen molar-refractivity contribution in [2.45, 2.75) is 19.9 Å². The van der Waals surface area contributed by atoms with Crippen molar-refractivity contribution in [2.75, 3.05) is 11.9 Å². The van der Waals surface area contributed by atoms with Crippen LogP contribution in [0.5, 0.6) is 5.75 Å². The maximum atomic E-state index is 6.19. The molecule has 0 radical (unpaired) electrons. The number of hydrogen-bond acceptors (Lipinski definition) is 2. The van der Waals surface area contributed by atoms with Crippen LogP contribution in [0.15, 0.2) is 48.5 Å². The number of ether oxygens (including phenoxy) is 1. The van der Waals surface area contributed by atoms with Crippen LogP contribution >= 0.6 is 11.6 Å². The second kappa shape index (κ2) is 6.48. The standard InChI is InChI=1S/C16H18ClNO/c1-3-19-14-10-8-13(9-11-14)18-12(2)15-6-4-5-7-16(15)17/h4-12,18H,3H2,1-2H3. The van der Waals surface area contributed by atoms with Gasteiger partial charge in [0.25, 0.3) is 0 Å². The van der Waals surface area contributed by atoms with Crippen LogP contribution in [0.25, 0.3) is 0 Å². The summed E-state index contributed by atoms with van der Waals surface area (Å²) < 4.78 is 5.42. The van der Waals surface area contributed by atoms with E-state index in [1.54, 1.807) is 0 Å². The summed E-state index contributed by atoms with van der Waals surface area (Å²) in [5.74, 6) is 0.887. The van der Waals surface area contributed by atoms with Gasteiger partial charge < -0.3 is 10.1 Å². The molecule has 100 valence electrons.